The molecular formula is C6H19NO3Si. The van der Waals surface area contributed by atoms with Crippen LogP contribution in [0.1, 0.15) is 13.3 Å². The Morgan fingerprint density at radius 1 is 1.36 bits per heavy atom. The highest BCUT2D eigenvalue weighted by Crippen LogP contribution is 2.12. The van der Waals surface area contributed by atoms with Crippen LogP contribution < -0.4 is 6.15 Å². The van der Waals surface area contributed by atoms with Crippen molar-refractivity contribution in [1.29, 1.82) is 0 Å². The van der Waals surface area contributed by atoms with Crippen molar-refractivity contribution in [2.75, 3.05) is 14.2 Å². The third-order valence-corrected chi connectivity index (χ3v) is 5.04. The van der Waals surface area contributed by atoms with Gasteiger partial charge in [0, 0.05) is 14.2 Å². The normalized spacial score (nSPS) is 13.9. The van der Waals surface area contributed by atoms with E-state index in [0.29, 0.717) is 6.42 Å². The molecule has 0 rings (SSSR count). The summed E-state index contributed by atoms with van der Waals surface area (Å²) in [6.45, 7) is 3.76. The van der Waals surface area contributed by atoms with Crippen LogP contribution in [0, 0.1) is 0 Å². The SMILES string of the molecule is CCC(O)[Si](C)(OC)OC.N. The first kappa shape index (κ1) is 13.6. The van der Waals surface area contributed by atoms with Crippen molar-refractivity contribution in [2.24, 2.45) is 0 Å². The van der Waals surface area contributed by atoms with E-state index in [1.165, 1.54) is 0 Å². The Morgan fingerprint density at radius 3 is 1.82 bits per heavy atom. The summed E-state index contributed by atoms with van der Waals surface area (Å²) in [7, 11) is 0.911. The first-order valence-electron chi connectivity index (χ1n) is 3.39. The Hall–Kier alpha value is 0.0569. The second-order valence-electron chi connectivity index (χ2n) is 2.35. The Kier molecular flexibility index (Phi) is 7.03. The van der Waals surface area contributed by atoms with Crippen molar-refractivity contribution in [1.82, 2.24) is 6.15 Å². The molecule has 0 aliphatic rings. The molecule has 0 fully saturated rings. The number of hydrogen-bond donors (Lipinski definition) is 2. The summed E-state index contributed by atoms with van der Waals surface area (Å²) in [6.07, 6.45) is 0.685. The van der Waals surface area contributed by atoms with Crippen LogP contribution >= 0.6 is 0 Å². The van der Waals surface area contributed by atoms with Crippen molar-refractivity contribution < 1.29 is 14.0 Å². The molecular weight excluding hydrogens is 162 g/mol. The van der Waals surface area contributed by atoms with Crippen LogP contribution in [0.2, 0.25) is 6.55 Å². The monoisotopic (exact) mass is 181 g/mol. The maximum absolute atomic E-state index is 9.39. The highest BCUT2D eigenvalue weighted by Gasteiger charge is 2.36. The lowest BCUT2D eigenvalue weighted by Crippen LogP contribution is -2.48. The molecule has 0 bridgehead atoms. The van der Waals surface area contributed by atoms with Gasteiger partial charge in [-0.15, -0.1) is 0 Å². The predicted molar refractivity (Wildman–Crippen MR) is 47.0 cm³/mol. The zero-order valence-electron chi connectivity index (χ0n) is 7.76. The predicted octanol–water partition coefficient (Wildman–Crippen LogP) is 0.823. The van der Waals surface area contributed by atoms with E-state index in [1.54, 1.807) is 14.2 Å². The third kappa shape index (κ3) is 3.30. The van der Waals surface area contributed by atoms with Crippen LogP contribution in [0.3, 0.4) is 0 Å². The van der Waals surface area contributed by atoms with Crippen molar-refractivity contribution >= 4 is 8.56 Å². The number of rotatable bonds is 4. The Bertz CT molecular complexity index is 97.8. The van der Waals surface area contributed by atoms with Gasteiger partial charge in [-0.2, -0.15) is 0 Å². The molecule has 4 nitrogen and oxygen atoms in total. The molecule has 1 atom stereocenters. The molecule has 0 saturated carbocycles. The van der Waals surface area contributed by atoms with Crippen LogP contribution in [0.15, 0.2) is 0 Å². The van der Waals surface area contributed by atoms with Crippen molar-refractivity contribution in [3.05, 3.63) is 0 Å². The number of hydrogen-bond acceptors (Lipinski definition) is 4. The topological polar surface area (TPSA) is 73.7 Å². The fraction of sp³-hybridized carbons (Fsp3) is 1.00. The molecule has 4 N–H and O–H groups in total. The van der Waals surface area contributed by atoms with E-state index in [1.807, 2.05) is 13.5 Å². The molecule has 70 valence electrons. The standard InChI is InChI=1S/C6H16O3Si.H3N/c1-5-6(7)10(4,8-2)9-3;/h6-7H,5H2,1-4H3;1H3. The first-order valence-corrected chi connectivity index (χ1v) is 5.78. The molecule has 0 heterocycles. The smallest absolute Gasteiger partial charge is 0.364 e. The molecule has 11 heavy (non-hydrogen) atoms. The molecule has 1 unspecified atom stereocenters. The molecule has 0 radical (unpaired) electrons. The lowest BCUT2D eigenvalue weighted by Gasteiger charge is -2.26. The van der Waals surface area contributed by atoms with Gasteiger partial charge in [0.1, 0.15) is 0 Å². The van der Waals surface area contributed by atoms with E-state index in [2.05, 4.69) is 0 Å². The highest BCUT2D eigenvalue weighted by molar-refractivity contribution is 6.67. The Morgan fingerprint density at radius 2 is 1.73 bits per heavy atom. The summed E-state index contributed by atoms with van der Waals surface area (Å²) >= 11 is 0. The van der Waals surface area contributed by atoms with Gasteiger partial charge in [-0.3, -0.25) is 0 Å². The van der Waals surface area contributed by atoms with Crippen LogP contribution in [-0.2, 0) is 8.85 Å². The summed E-state index contributed by atoms with van der Waals surface area (Å²) in [5.41, 5.74) is -0.428. The van der Waals surface area contributed by atoms with Gasteiger partial charge >= 0.3 is 8.56 Å². The van der Waals surface area contributed by atoms with Gasteiger partial charge < -0.3 is 20.1 Å². The number of aliphatic hydroxyl groups excluding tert-OH is 1. The summed E-state index contributed by atoms with van der Waals surface area (Å²) in [6, 6.07) is 0. The lowest BCUT2D eigenvalue weighted by molar-refractivity contribution is 0.142. The zero-order chi connectivity index (χ0) is 8.20. The zero-order valence-corrected chi connectivity index (χ0v) is 8.76. The van der Waals surface area contributed by atoms with Gasteiger partial charge in [-0.1, -0.05) is 6.92 Å². The molecule has 5 heteroatoms. The number of aliphatic hydroxyl groups is 1. The van der Waals surface area contributed by atoms with Gasteiger partial charge in [0.2, 0.25) is 0 Å². The molecule has 0 aliphatic heterocycles. The molecule has 0 spiro atoms. The van der Waals surface area contributed by atoms with E-state index in [-0.39, 0.29) is 6.15 Å². The average Bonchev–Trinajstić information content (AvgIpc) is 2.01. The maximum Gasteiger partial charge on any atom is 0.364 e. The van der Waals surface area contributed by atoms with Crippen molar-refractivity contribution in [3.8, 4) is 0 Å². The molecule has 0 amide bonds. The summed E-state index contributed by atoms with van der Waals surface area (Å²) in [5.74, 6) is 0. The molecule has 0 aromatic heterocycles. The molecule has 0 saturated heterocycles. The minimum absolute atomic E-state index is 0. The third-order valence-electron chi connectivity index (χ3n) is 1.80. The Balaban J connectivity index is 0. The van der Waals surface area contributed by atoms with Gasteiger partial charge in [0.25, 0.3) is 0 Å². The fourth-order valence-corrected chi connectivity index (χ4v) is 2.18. The highest BCUT2D eigenvalue weighted by atomic mass is 28.4. The minimum Gasteiger partial charge on any atom is -0.396 e. The molecule has 0 aliphatic carbocycles. The van der Waals surface area contributed by atoms with Crippen LogP contribution in [0.25, 0.3) is 0 Å². The first-order chi connectivity index (χ1) is 4.60. The minimum atomic E-state index is -2.25. The Labute approximate surface area is 69.3 Å². The van der Waals surface area contributed by atoms with Gasteiger partial charge in [0.15, 0.2) is 0 Å². The van der Waals surface area contributed by atoms with Gasteiger partial charge in [-0.25, -0.2) is 0 Å². The largest absolute Gasteiger partial charge is 0.396 e. The second kappa shape index (κ2) is 5.67. The average molecular weight is 181 g/mol. The van der Waals surface area contributed by atoms with Crippen LogP contribution in [0.5, 0.6) is 0 Å². The fourth-order valence-electron chi connectivity index (χ4n) is 0.726. The lowest BCUT2D eigenvalue weighted by atomic mass is 10.5. The molecule has 0 aromatic carbocycles. The van der Waals surface area contributed by atoms with Crippen LogP contribution in [0.4, 0.5) is 0 Å². The molecule has 0 aromatic rings. The summed E-state index contributed by atoms with van der Waals surface area (Å²) in [5, 5.41) is 9.39. The van der Waals surface area contributed by atoms with E-state index >= 15 is 0 Å². The van der Waals surface area contributed by atoms with Crippen LogP contribution in [-0.4, -0.2) is 33.6 Å². The summed E-state index contributed by atoms with van der Waals surface area (Å²) < 4.78 is 10.2. The van der Waals surface area contributed by atoms with Crippen molar-refractivity contribution in [3.63, 3.8) is 0 Å². The summed E-state index contributed by atoms with van der Waals surface area (Å²) in [4.78, 5) is 0. The van der Waals surface area contributed by atoms with E-state index < -0.39 is 14.3 Å². The second-order valence-corrected chi connectivity index (χ2v) is 5.86. The van der Waals surface area contributed by atoms with Gasteiger partial charge in [-0.05, 0) is 13.0 Å². The van der Waals surface area contributed by atoms with E-state index in [4.69, 9.17) is 8.85 Å². The van der Waals surface area contributed by atoms with Gasteiger partial charge in [0.05, 0.1) is 5.73 Å². The van der Waals surface area contributed by atoms with E-state index in [9.17, 15) is 5.11 Å². The van der Waals surface area contributed by atoms with E-state index in [0.717, 1.165) is 0 Å². The van der Waals surface area contributed by atoms with Crippen molar-refractivity contribution in [2.45, 2.75) is 25.6 Å². The maximum atomic E-state index is 9.39. The quantitative estimate of drug-likeness (QED) is 0.630.